The Balaban J connectivity index is 2.50. The van der Waals surface area contributed by atoms with Crippen LogP contribution in [0.25, 0.3) is 5.57 Å². The molecule has 2 rings (SSSR count). The molecule has 1 aromatic carbocycles. The van der Waals surface area contributed by atoms with Gasteiger partial charge in [-0.05, 0) is 28.8 Å². The minimum absolute atomic E-state index is 0.922. The van der Waals surface area contributed by atoms with Gasteiger partial charge in [0.1, 0.15) is 0 Å². The van der Waals surface area contributed by atoms with E-state index in [1.54, 1.807) is 18.5 Å². The third-order valence-electron chi connectivity index (χ3n) is 2.29. The van der Waals surface area contributed by atoms with Crippen molar-refractivity contribution in [2.45, 2.75) is 0 Å². The molecule has 0 aliphatic carbocycles. The lowest BCUT2D eigenvalue weighted by Crippen LogP contribution is -1.87. The van der Waals surface area contributed by atoms with Crippen molar-refractivity contribution >= 4 is 5.57 Å². The maximum Gasteiger partial charge on any atom is 0.0918 e. The second-order valence-electron chi connectivity index (χ2n) is 3.29. The molecule has 1 heterocycles. The van der Waals surface area contributed by atoms with E-state index in [-0.39, 0.29) is 0 Å². The molecule has 76 valence electrons. The van der Waals surface area contributed by atoms with E-state index in [0.717, 1.165) is 16.7 Å². The highest BCUT2D eigenvalue weighted by Crippen LogP contribution is 2.21. The molecule has 0 aliphatic rings. The Morgan fingerprint density at radius 1 is 1.00 bits per heavy atom. The van der Waals surface area contributed by atoms with Gasteiger partial charge in [-0.2, -0.15) is 5.26 Å². The Bertz CT molecular complexity index is 480. The molecule has 0 unspecified atom stereocenters. The van der Waals surface area contributed by atoms with Crippen LogP contribution in [0.3, 0.4) is 0 Å². The summed E-state index contributed by atoms with van der Waals surface area (Å²) in [7, 11) is 0. The minimum Gasteiger partial charge on any atom is -0.265 e. The number of benzene rings is 1. The van der Waals surface area contributed by atoms with Crippen molar-refractivity contribution < 1.29 is 0 Å². The van der Waals surface area contributed by atoms with Crippen molar-refractivity contribution in [3.63, 3.8) is 0 Å². The molecule has 0 N–H and O–H groups in total. The number of hydrogen-bond donors (Lipinski definition) is 0. The lowest BCUT2D eigenvalue weighted by Gasteiger charge is -2.05. The predicted molar refractivity (Wildman–Crippen MR) is 63.4 cm³/mol. The van der Waals surface area contributed by atoms with Gasteiger partial charge in [0.15, 0.2) is 0 Å². The van der Waals surface area contributed by atoms with Gasteiger partial charge in [0.25, 0.3) is 0 Å². The van der Waals surface area contributed by atoms with Crippen LogP contribution >= 0.6 is 0 Å². The maximum atomic E-state index is 8.82. The van der Waals surface area contributed by atoms with Crippen LogP contribution in [0.15, 0.2) is 60.9 Å². The summed E-state index contributed by atoms with van der Waals surface area (Å²) in [4.78, 5) is 3.97. The van der Waals surface area contributed by atoms with Gasteiger partial charge in [-0.1, -0.05) is 30.3 Å². The number of rotatable bonds is 2. The third kappa shape index (κ3) is 2.15. The highest BCUT2D eigenvalue weighted by molar-refractivity contribution is 5.80. The van der Waals surface area contributed by atoms with Crippen molar-refractivity contribution in [3.05, 3.63) is 72.1 Å². The monoisotopic (exact) mass is 206 g/mol. The van der Waals surface area contributed by atoms with Crippen LogP contribution < -0.4 is 0 Å². The normalized spacial score (nSPS) is 10.8. The van der Waals surface area contributed by atoms with Crippen LogP contribution in [0.4, 0.5) is 0 Å². The zero-order valence-corrected chi connectivity index (χ0v) is 8.67. The number of allylic oxidation sites excluding steroid dienone is 1. The van der Waals surface area contributed by atoms with E-state index in [4.69, 9.17) is 5.26 Å². The highest BCUT2D eigenvalue weighted by atomic mass is 14.6. The number of aromatic nitrogens is 1. The average Bonchev–Trinajstić information content (AvgIpc) is 2.38. The molecule has 2 heteroatoms. The summed E-state index contributed by atoms with van der Waals surface area (Å²) < 4.78 is 0. The second-order valence-corrected chi connectivity index (χ2v) is 3.29. The standard InChI is InChI=1S/C14H10N2/c15-9-6-14(12-4-2-1-3-5-12)13-7-10-16-11-8-13/h1-8,10-11H. The van der Waals surface area contributed by atoms with E-state index < -0.39 is 0 Å². The van der Waals surface area contributed by atoms with Crippen LogP contribution in [0, 0.1) is 11.3 Å². The molecule has 0 amide bonds. The van der Waals surface area contributed by atoms with Crippen molar-refractivity contribution in [1.29, 1.82) is 5.26 Å². The fraction of sp³-hybridized carbons (Fsp3) is 0. The SMILES string of the molecule is N#CC=C(c1ccccc1)c1ccncc1. The van der Waals surface area contributed by atoms with E-state index in [2.05, 4.69) is 11.1 Å². The van der Waals surface area contributed by atoms with E-state index in [9.17, 15) is 0 Å². The Morgan fingerprint density at radius 3 is 2.25 bits per heavy atom. The first-order valence-corrected chi connectivity index (χ1v) is 4.97. The van der Waals surface area contributed by atoms with Gasteiger partial charge >= 0.3 is 0 Å². The van der Waals surface area contributed by atoms with Crippen molar-refractivity contribution in [3.8, 4) is 6.07 Å². The summed E-state index contributed by atoms with van der Waals surface area (Å²) in [5.74, 6) is 0. The first-order chi connectivity index (χ1) is 7.92. The zero-order chi connectivity index (χ0) is 11.2. The third-order valence-corrected chi connectivity index (χ3v) is 2.29. The van der Waals surface area contributed by atoms with Crippen LogP contribution in [0.5, 0.6) is 0 Å². The summed E-state index contributed by atoms with van der Waals surface area (Å²) in [5.41, 5.74) is 2.96. The van der Waals surface area contributed by atoms with Crippen molar-refractivity contribution in [2.24, 2.45) is 0 Å². The van der Waals surface area contributed by atoms with Gasteiger partial charge in [0.05, 0.1) is 6.07 Å². The molecule has 0 saturated carbocycles. The first-order valence-electron chi connectivity index (χ1n) is 4.97. The molecule has 0 fully saturated rings. The molecule has 1 aromatic heterocycles. The Morgan fingerprint density at radius 2 is 1.62 bits per heavy atom. The molecule has 0 atom stereocenters. The summed E-state index contributed by atoms with van der Waals surface area (Å²) >= 11 is 0. The summed E-state index contributed by atoms with van der Waals surface area (Å²) in [5, 5.41) is 8.82. The molecular formula is C14H10N2. The van der Waals surface area contributed by atoms with Gasteiger partial charge < -0.3 is 0 Å². The summed E-state index contributed by atoms with van der Waals surface area (Å²) in [6, 6.07) is 15.7. The molecule has 16 heavy (non-hydrogen) atoms. The molecule has 0 spiro atoms. The van der Waals surface area contributed by atoms with E-state index >= 15 is 0 Å². The number of nitrogens with zero attached hydrogens (tertiary/aromatic N) is 2. The van der Waals surface area contributed by atoms with Crippen LogP contribution in [-0.2, 0) is 0 Å². The summed E-state index contributed by atoms with van der Waals surface area (Å²) in [6.07, 6.45) is 5.01. The molecule has 0 aliphatic heterocycles. The molecule has 2 aromatic rings. The number of nitriles is 1. The molecule has 0 saturated heterocycles. The number of hydrogen-bond acceptors (Lipinski definition) is 2. The van der Waals surface area contributed by atoms with E-state index in [1.165, 1.54) is 0 Å². The fourth-order valence-electron chi connectivity index (χ4n) is 1.55. The van der Waals surface area contributed by atoms with Gasteiger partial charge in [0.2, 0.25) is 0 Å². The van der Waals surface area contributed by atoms with Crippen molar-refractivity contribution in [2.75, 3.05) is 0 Å². The Hall–Kier alpha value is -2.40. The Kier molecular flexibility index (Phi) is 3.10. The van der Waals surface area contributed by atoms with Gasteiger partial charge in [-0.25, -0.2) is 0 Å². The smallest absolute Gasteiger partial charge is 0.0918 e. The highest BCUT2D eigenvalue weighted by Gasteiger charge is 2.03. The molecule has 2 nitrogen and oxygen atoms in total. The van der Waals surface area contributed by atoms with E-state index in [0.29, 0.717) is 0 Å². The van der Waals surface area contributed by atoms with Gasteiger partial charge in [-0.15, -0.1) is 0 Å². The summed E-state index contributed by atoms with van der Waals surface area (Å²) in [6.45, 7) is 0. The molecule has 0 bridgehead atoms. The predicted octanol–water partition coefficient (Wildman–Crippen LogP) is 3.04. The quantitative estimate of drug-likeness (QED) is 0.708. The van der Waals surface area contributed by atoms with Crippen LogP contribution in [0.2, 0.25) is 0 Å². The van der Waals surface area contributed by atoms with Crippen LogP contribution in [0.1, 0.15) is 11.1 Å². The lowest BCUT2D eigenvalue weighted by molar-refractivity contribution is 1.31. The average molecular weight is 206 g/mol. The lowest BCUT2D eigenvalue weighted by atomic mass is 9.99. The van der Waals surface area contributed by atoms with Crippen molar-refractivity contribution in [1.82, 2.24) is 4.98 Å². The van der Waals surface area contributed by atoms with Gasteiger partial charge in [-0.3, -0.25) is 4.98 Å². The van der Waals surface area contributed by atoms with E-state index in [1.807, 2.05) is 42.5 Å². The minimum atomic E-state index is 0.922. The fourth-order valence-corrected chi connectivity index (χ4v) is 1.55. The first kappa shape index (κ1) is 10.1. The zero-order valence-electron chi connectivity index (χ0n) is 8.67. The molecule has 0 radical (unpaired) electrons. The molecular weight excluding hydrogens is 196 g/mol. The topological polar surface area (TPSA) is 36.7 Å². The number of pyridine rings is 1. The van der Waals surface area contributed by atoms with Gasteiger partial charge in [0, 0.05) is 18.5 Å². The Labute approximate surface area is 94.5 Å². The largest absolute Gasteiger partial charge is 0.265 e. The second kappa shape index (κ2) is 4.90. The van der Waals surface area contributed by atoms with Crippen LogP contribution in [-0.4, -0.2) is 4.98 Å². The maximum absolute atomic E-state index is 8.82.